The molecule has 1 aliphatic heterocycles. The highest BCUT2D eigenvalue weighted by Crippen LogP contribution is 2.41. The Morgan fingerprint density at radius 1 is 1.18 bits per heavy atom. The summed E-state index contributed by atoms with van der Waals surface area (Å²) in [7, 11) is 1.86. The first-order chi connectivity index (χ1) is 15.9. The largest absolute Gasteiger partial charge is 0.465 e. The average Bonchev–Trinajstić information content (AvgIpc) is 3.23. The quantitative estimate of drug-likeness (QED) is 0.455. The Kier molecular flexibility index (Phi) is 5.22. The number of carbonyl (C=O) groups is 2. The SMILES string of the molecule is Cn1cc(-c2cc3c(cc2Cl)N(c2nc(C(=O)NC(=O)O)cc4ccccc24)CCC3)cn1. The third-order valence-electron chi connectivity index (χ3n) is 5.73. The fourth-order valence-electron chi connectivity index (χ4n) is 4.27. The minimum absolute atomic E-state index is 0.0382. The number of carbonyl (C=O) groups excluding carboxylic acids is 1. The van der Waals surface area contributed by atoms with Crippen molar-refractivity contribution in [1.82, 2.24) is 20.1 Å². The number of hydrogen-bond donors (Lipinski definition) is 2. The molecule has 0 unspecified atom stereocenters. The zero-order chi connectivity index (χ0) is 23.1. The summed E-state index contributed by atoms with van der Waals surface area (Å²) < 4.78 is 1.74. The maximum atomic E-state index is 12.4. The van der Waals surface area contributed by atoms with Crippen LogP contribution in [0.5, 0.6) is 0 Å². The molecular weight excluding hydrogens is 442 g/mol. The number of nitrogens with one attached hydrogen (secondary N) is 1. The summed E-state index contributed by atoms with van der Waals surface area (Å²) in [6.45, 7) is 0.691. The van der Waals surface area contributed by atoms with Crippen LogP contribution >= 0.6 is 11.6 Å². The normalized spacial score (nSPS) is 13.1. The molecule has 0 fully saturated rings. The molecule has 2 amide bonds. The maximum absolute atomic E-state index is 12.4. The molecule has 4 aromatic rings. The number of hydrogen-bond acceptors (Lipinski definition) is 5. The van der Waals surface area contributed by atoms with Crippen LogP contribution in [0.15, 0.2) is 54.9 Å². The molecule has 0 aliphatic carbocycles. The summed E-state index contributed by atoms with van der Waals surface area (Å²) in [6, 6.07) is 13.2. The second-order valence-corrected chi connectivity index (χ2v) is 8.34. The molecule has 2 N–H and O–H groups in total. The van der Waals surface area contributed by atoms with E-state index in [2.05, 4.69) is 21.0 Å². The van der Waals surface area contributed by atoms with E-state index < -0.39 is 12.0 Å². The van der Waals surface area contributed by atoms with E-state index in [9.17, 15) is 9.59 Å². The number of aryl methyl sites for hydroxylation is 2. The molecule has 166 valence electrons. The summed E-state index contributed by atoms with van der Waals surface area (Å²) in [6.07, 6.45) is 4.06. The molecule has 3 heterocycles. The van der Waals surface area contributed by atoms with Crippen LogP contribution in [0.1, 0.15) is 22.5 Å². The molecule has 0 saturated heterocycles. The fourth-order valence-corrected chi connectivity index (χ4v) is 4.54. The molecule has 33 heavy (non-hydrogen) atoms. The van der Waals surface area contributed by atoms with Gasteiger partial charge in [0, 0.05) is 42.0 Å². The maximum Gasteiger partial charge on any atom is 0.411 e. The zero-order valence-electron chi connectivity index (χ0n) is 17.7. The van der Waals surface area contributed by atoms with Crippen LogP contribution in [-0.2, 0) is 13.5 Å². The van der Waals surface area contributed by atoms with Gasteiger partial charge in [-0.2, -0.15) is 5.10 Å². The predicted molar refractivity (Wildman–Crippen MR) is 126 cm³/mol. The van der Waals surface area contributed by atoms with Crippen LogP contribution in [0.4, 0.5) is 16.3 Å². The predicted octanol–water partition coefficient (Wildman–Crippen LogP) is 4.78. The first-order valence-corrected chi connectivity index (χ1v) is 10.8. The van der Waals surface area contributed by atoms with Gasteiger partial charge >= 0.3 is 6.09 Å². The van der Waals surface area contributed by atoms with Crippen molar-refractivity contribution in [2.45, 2.75) is 12.8 Å². The number of amides is 2. The van der Waals surface area contributed by atoms with Crippen molar-refractivity contribution < 1.29 is 14.7 Å². The Hall–Kier alpha value is -3.91. The van der Waals surface area contributed by atoms with E-state index in [0.717, 1.165) is 46.0 Å². The number of benzene rings is 2. The van der Waals surface area contributed by atoms with E-state index in [1.165, 1.54) is 0 Å². The molecule has 0 radical (unpaired) electrons. The van der Waals surface area contributed by atoms with Crippen molar-refractivity contribution in [2.75, 3.05) is 11.4 Å². The first kappa shape index (κ1) is 21.0. The Morgan fingerprint density at radius 2 is 2.00 bits per heavy atom. The minimum atomic E-state index is -1.42. The second kappa shape index (κ2) is 8.22. The Labute approximate surface area is 194 Å². The summed E-state index contributed by atoms with van der Waals surface area (Å²) in [4.78, 5) is 30.1. The van der Waals surface area contributed by atoms with Crippen LogP contribution < -0.4 is 10.2 Å². The third-order valence-corrected chi connectivity index (χ3v) is 6.04. The van der Waals surface area contributed by atoms with Crippen molar-refractivity contribution >= 4 is 45.9 Å². The molecule has 0 saturated carbocycles. The van der Waals surface area contributed by atoms with Gasteiger partial charge in [-0.25, -0.2) is 9.78 Å². The van der Waals surface area contributed by atoms with Gasteiger partial charge in [-0.05, 0) is 42.0 Å². The van der Waals surface area contributed by atoms with Gasteiger partial charge < -0.3 is 10.0 Å². The number of anilines is 2. The van der Waals surface area contributed by atoms with Crippen molar-refractivity contribution in [3.8, 4) is 11.1 Å². The number of aromatic nitrogens is 3. The summed E-state index contributed by atoms with van der Waals surface area (Å²) >= 11 is 6.70. The highest BCUT2D eigenvalue weighted by atomic mass is 35.5. The summed E-state index contributed by atoms with van der Waals surface area (Å²) in [5, 5.41) is 17.3. The third kappa shape index (κ3) is 3.89. The molecule has 0 atom stereocenters. The number of halogens is 1. The molecule has 5 rings (SSSR count). The van der Waals surface area contributed by atoms with Gasteiger partial charge in [0.05, 0.1) is 11.2 Å². The van der Waals surface area contributed by atoms with E-state index >= 15 is 0 Å². The summed E-state index contributed by atoms with van der Waals surface area (Å²) in [5.74, 6) is -0.175. The number of carboxylic acid groups (broad SMARTS) is 1. The lowest BCUT2D eigenvalue weighted by Gasteiger charge is -2.32. The molecule has 0 bridgehead atoms. The Bertz CT molecular complexity index is 1410. The number of fused-ring (bicyclic) bond motifs is 2. The average molecular weight is 462 g/mol. The lowest BCUT2D eigenvalue weighted by Crippen LogP contribution is -2.31. The number of nitrogens with zero attached hydrogens (tertiary/aromatic N) is 4. The van der Waals surface area contributed by atoms with Gasteiger partial charge in [0.1, 0.15) is 11.5 Å². The number of pyridine rings is 1. The van der Waals surface area contributed by atoms with Crippen LogP contribution in [0.3, 0.4) is 0 Å². The molecule has 9 heteroatoms. The molecule has 8 nitrogen and oxygen atoms in total. The van der Waals surface area contributed by atoms with Gasteiger partial charge in [-0.3, -0.25) is 14.8 Å². The van der Waals surface area contributed by atoms with Crippen molar-refractivity contribution in [1.29, 1.82) is 0 Å². The molecule has 2 aromatic carbocycles. The first-order valence-electron chi connectivity index (χ1n) is 10.4. The van der Waals surface area contributed by atoms with Crippen LogP contribution in [0, 0.1) is 0 Å². The minimum Gasteiger partial charge on any atom is -0.465 e. The standard InChI is InChI=1S/C24H20ClN5O3/c1-29-13-16(12-26-29)18-9-15-6-4-8-30(21(15)11-19(18)25)22-17-7-3-2-5-14(17)10-20(27-22)23(31)28-24(32)33/h2-3,5,7,9-13H,4,6,8H2,1H3,(H,28,31)(H,32,33). The van der Waals surface area contributed by atoms with Gasteiger partial charge in [0.15, 0.2) is 0 Å². The highest BCUT2D eigenvalue weighted by molar-refractivity contribution is 6.33. The van der Waals surface area contributed by atoms with Crippen LogP contribution in [-0.4, -0.2) is 38.4 Å². The molecular formula is C24H20ClN5O3. The van der Waals surface area contributed by atoms with Crippen molar-refractivity contribution in [2.24, 2.45) is 7.05 Å². The smallest absolute Gasteiger partial charge is 0.411 e. The van der Waals surface area contributed by atoms with E-state index in [-0.39, 0.29) is 5.69 Å². The van der Waals surface area contributed by atoms with E-state index in [1.807, 2.05) is 48.9 Å². The van der Waals surface area contributed by atoms with Gasteiger partial charge in [-0.1, -0.05) is 35.9 Å². The monoisotopic (exact) mass is 461 g/mol. The van der Waals surface area contributed by atoms with Crippen LogP contribution in [0.25, 0.3) is 21.9 Å². The Morgan fingerprint density at radius 3 is 2.76 bits per heavy atom. The van der Waals surface area contributed by atoms with Gasteiger partial charge in [0.2, 0.25) is 0 Å². The number of imide groups is 1. The molecule has 1 aliphatic rings. The fraction of sp³-hybridized carbons (Fsp3) is 0.167. The van der Waals surface area contributed by atoms with E-state index in [1.54, 1.807) is 16.9 Å². The van der Waals surface area contributed by atoms with E-state index in [0.29, 0.717) is 17.4 Å². The Balaban J connectivity index is 1.65. The van der Waals surface area contributed by atoms with Gasteiger partial charge in [-0.15, -0.1) is 0 Å². The zero-order valence-corrected chi connectivity index (χ0v) is 18.5. The molecule has 2 aromatic heterocycles. The van der Waals surface area contributed by atoms with E-state index in [4.69, 9.17) is 16.7 Å². The van der Waals surface area contributed by atoms with Crippen molar-refractivity contribution in [3.05, 3.63) is 71.1 Å². The number of rotatable bonds is 3. The second-order valence-electron chi connectivity index (χ2n) is 7.93. The lowest BCUT2D eigenvalue weighted by molar-refractivity contribution is 0.0943. The summed E-state index contributed by atoms with van der Waals surface area (Å²) in [5.41, 5.74) is 3.94. The lowest BCUT2D eigenvalue weighted by atomic mass is 9.96. The van der Waals surface area contributed by atoms with Crippen molar-refractivity contribution in [3.63, 3.8) is 0 Å². The molecule has 0 spiro atoms. The van der Waals surface area contributed by atoms with Gasteiger partial charge in [0.25, 0.3) is 5.91 Å². The topological polar surface area (TPSA) is 100 Å². The highest BCUT2D eigenvalue weighted by Gasteiger charge is 2.25. The van der Waals surface area contributed by atoms with Crippen LogP contribution in [0.2, 0.25) is 5.02 Å².